The molecule has 0 radical (unpaired) electrons. The summed E-state index contributed by atoms with van der Waals surface area (Å²) in [4.78, 5) is 24.2. The highest BCUT2D eigenvalue weighted by Crippen LogP contribution is 2.29. The van der Waals surface area contributed by atoms with Crippen LogP contribution in [-0.2, 0) is 14.3 Å². The Bertz CT molecular complexity index is 806. The molecular formula is C24H27FO4. The Hall–Kier alpha value is -2.69. The number of rotatable bonds is 7. The second-order valence-corrected chi connectivity index (χ2v) is 7.52. The molecule has 0 atom stereocenters. The maximum atomic E-state index is 13.0. The van der Waals surface area contributed by atoms with Crippen LogP contribution in [0.1, 0.15) is 51.9 Å². The zero-order chi connectivity index (χ0) is 20.6. The van der Waals surface area contributed by atoms with E-state index in [1.807, 2.05) is 19.1 Å². The van der Waals surface area contributed by atoms with E-state index >= 15 is 0 Å². The van der Waals surface area contributed by atoms with Crippen LogP contribution in [0, 0.1) is 11.7 Å². The number of halogens is 1. The van der Waals surface area contributed by atoms with Gasteiger partial charge in [-0.3, -0.25) is 9.59 Å². The minimum Gasteiger partial charge on any atom is -0.462 e. The summed E-state index contributed by atoms with van der Waals surface area (Å²) in [5, 5.41) is 0. The van der Waals surface area contributed by atoms with E-state index in [0.717, 1.165) is 24.0 Å². The zero-order valence-electron chi connectivity index (χ0n) is 16.7. The first-order valence-electron chi connectivity index (χ1n) is 10.3. The molecule has 29 heavy (non-hydrogen) atoms. The van der Waals surface area contributed by atoms with Crippen molar-refractivity contribution in [2.45, 2.75) is 58.0 Å². The van der Waals surface area contributed by atoms with Gasteiger partial charge in [-0.1, -0.05) is 37.6 Å². The zero-order valence-corrected chi connectivity index (χ0v) is 16.7. The number of hydrogen-bond acceptors (Lipinski definition) is 4. The molecule has 1 saturated carbocycles. The van der Waals surface area contributed by atoms with Gasteiger partial charge in [-0.25, -0.2) is 4.39 Å². The summed E-state index contributed by atoms with van der Waals surface area (Å²) in [7, 11) is 0. The Kier molecular flexibility index (Phi) is 7.39. The number of esters is 2. The van der Waals surface area contributed by atoms with Gasteiger partial charge in [0.15, 0.2) is 0 Å². The molecule has 2 aromatic rings. The maximum Gasteiger partial charge on any atom is 0.314 e. The van der Waals surface area contributed by atoms with Crippen molar-refractivity contribution in [1.29, 1.82) is 0 Å². The average molecular weight is 398 g/mol. The van der Waals surface area contributed by atoms with Crippen LogP contribution < -0.4 is 4.74 Å². The highest BCUT2D eigenvalue weighted by atomic mass is 19.1. The Morgan fingerprint density at radius 1 is 0.931 bits per heavy atom. The summed E-state index contributed by atoms with van der Waals surface area (Å²) in [5.41, 5.74) is 1.83. The van der Waals surface area contributed by atoms with Gasteiger partial charge in [0.2, 0.25) is 0 Å². The van der Waals surface area contributed by atoms with Crippen LogP contribution in [-0.4, -0.2) is 18.0 Å². The first-order chi connectivity index (χ1) is 14.0. The first-order valence-corrected chi connectivity index (χ1v) is 10.3. The van der Waals surface area contributed by atoms with E-state index in [9.17, 15) is 14.0 Å². The predicted octanol–water partition coefficient (Wildman–Crippen LogP) is 5.69. The van der Waals surface area contributed by atoms with Crippen LogP contribution in [0.4, 0.5) is 4.39 Å². The highest BCUT2D eigenvalue weighted by molar-refractivity contribution is 5.75. The van der Waals surface area contributed by atoms with Gasteiger partial charge >= 0.3 is 11.9 Å². The topological polar surface area (TPSA) is 52.6 Å². The van der Waals surface area contributed by atoms with E-state index in [-0.39, 0.29) is 29.8 Å². The minimum atomic E-state index is -0.273. The van der Waals surface area contributed by atoms with Crippen LogP contribution in [0.15, 0.2) is 48.5 Å². The number of ether oxygens (including phenoxy) is 2. The normalized spacial score (nSPS) is 18.8. The van der Waals surface area contributed by atoms with Gasteiger partial charge in [-0.05, 0) is 67.5 Å². The lowest BCUT2D eigenvalue weighted by Gasteiger charge is -2.27. The van der Waals surface area contributed by atoms with E-state index < -0.39 is 0 Å². The molecule has 5 heteroatoms. The molecule has 0 heterocycles. The molecule has 0 N–H and O–H groups in total. The molecule has 0 bridgehead atoms. The summed E-state index contributed by atoms with van der Waals surface area (Å²) in [5.74, 6) is -0.328. The third-order valence-electron chi connectivity index (χ3n) is 5.29. The summed E-state index contributed by atoms with van der Waals surface area (Å²) in [6.07, 6.45) is 4.92. The lowest BCUT2D eigenvalue weighted by atomic mass is 9.87. The Labute approximate surface area is 171 Å². The molecule has 0 aromatic heterocycles. The van der Waals surface area contributed by atoms with E-state index in [0.29, 0.717) is 37.9 Å². The standard InChI is InChI=1S/C24H27FO4/c1-2-3-4-23(26)28-21-15-9-19(10-16-21)24(27)29-22-13-7-18(8-14-22)17-5-11-20(25)12-6-17/h5-8,11-14,19,21H,2-4,9-10,15-16H2,1H3/t19-,21-. The smallest absolute Gasteiger partial charge is 0.314 e. The molecule has 0 amide bonds. The molecule has 4 nitrogen and oxygen atoms in total. The SMILES string of the molecule is CCCCC(=O)O[C@H]1CC[C@H](C(=O)Oc2ccc(-c3ccc(F)cc3)cc2)CC1. The third kappa shape index (κ3) is 6.14. The molecule has 1 fully saturated rings. The number of benzene rings is 2. The molecule has 0 saturated heterocycles. The fourth-order valence-corrected chi connectivity index (χ4v) is 3.54. The Morgan fingerprint density at radius 2 is 1.52 bits per heavy atom. The second-order valence-electron chi connectivity index (χ2n) is 7.52. The van der Waals surface area contributed by atoms with Crippen molar-refractivity contribution in [1.82, 2.24) is 0 Å². The maximum absolute atomic E-state index is 13.0. The molecule has 0 spiro atoms. The monoisotopic (exact) mass is 398 g/mol. The fourth-order valence-electron chi connectivity index (χ4n) is 3.54. The van der Waals surface area contributed by atoms with Crippen molar-refractivity contribution >= 4 is 11.9 Å². The molecule has 0 unspecified atom stereocenters. The minimum absolute atomic E-state index is 0.0848. The van der Waals surface area contributed by atoms with Gasteiger partial charge in [-0.15, -0.1) is 0 Å². The van der Waals surface area contributed by atoms with Gasteiger partial charge in [0.25, 0.3) is 0 Å². The number of carbonyl (C=O) groups is 2. The quantitative estimate of drug-likeness (QED) is 0.444. The van der Waals surface area contributed by atoms with Crippen molar-refractivity contribution in [2.24, 2.45) is 5.92 Å². The first kappa shape index (κ1) is 21.0. The number of unbranched alkanes of at least 4 members (excludes halogenated alkanes) is 1. The molecular weight excluding hydrogens is 371 g/mol. The average Bonchev–Trinajstić information content (AvgIpc) is 2.74. The summed E-state index contributed by atoms with van der Waals surface area (Å²) in [6, 6.07) is 13.5. The van der Waals surface area contributed by atoms with Gasteiger partial charge in [-0.2, -0.15) is 0 Å². The molecule has 2 aromatic carbocycles. The van der Waals surface area contributed by atoms with Gasteiger partial charge in [0.1, 0.15) is 17.7 Å². The molecule has 0 aliphatic heterocycles. The van der Waals surface area contributed by atoms with Crippen LogP contribution in [0.3, 0.4) is 0 Å². The number of carbonyl (C=O) groups excluding carboxylic acids is 2. The van der Waals surface area contributed by atoms with E-state index in [1.165, 1.54) is 12.1 Å². The fraction of sp³-hybridized carbons (Fsp3) is 0.417. The molecule has 154 valence electrons. The van der Waals surface area contributed by atoms with Crippen molar-refractivity contribution < 1.29 is 23.5 Å². The van der Waals surface area contributed by atoms with Crippen molar-refractivity contribution in [2.75, 3.05) is 0 Å². The summed E-state index contributed by atoms with van der Waals surface area (Å²) < 4.78 is 24.1. The lowest BCUT2D eigenvalue weighted by Crippen LogP contribution is -2.30. The number of hydrogen-bond donors (Lipinski definition) is 0. The van der Waals surface area contributed by atoms with Crippen LogP contribution in [0.2, 0.25) is 0 Å². The van der Waals surface area contributed by atoms with E-state index in [2.05, 4.69) is 0 Å². The van der Waals surface area contributed by atoms with Gasteiger partial charge in [0.05, 0.1) is 5.92 Å². The van der Waals surface area contributed by atoms with Gasteiger partial charge < -0.3 is 9.47 Å². The highest BCUT2D eigenvalue weighted by Gasteiger charge is 2.29. The molecule has 3 rings (SSSR count). The van der Waals surface area contributed by atoms with E-state index in [4.69, 9.17) is 9.47 Å². The summed E-state index contributed by atoms with van der Waals surface area (Å²) >= 11 is 0. The molecule has 1 aliphatic rings. The van der Waals surface area contributed by atoms with Crippen molar-refractivity contribution in [3.63, 3.8) is 0 Å². The predicted molar refractivity (Wildman–Crippen MR) is 109 cm³/mol. The van der Waals surface area contributed by atoms with Crippen LogP contribution >= 0.6 is 0 Å². The second kappa shape index (κ2) is 10.2. The van der Waals surface area contributed by atoms with Crippen LogP contribution in [0.5, 0.6) is 5.75 Å². The Morgan fingerprint density at radius 3 is 2.10 bits per heavy atom. The third-order valence-corrected chi connectivity index (χ3v) is 5.29. The largest absolute Gasteiger partial charge is 0.462 e. The van der Waals surface area contributed by atoms with Crippen molar-refractivity contribution in [3.8, 4) is 16.9 Å². The lowest BCUT2D eigenvalue weighted by molar-refractivity contribution is -0.152. The van der Waals surface area contributed by atoms with E-state index in [1.54, 1.807) is 24.3 Å². The summed E-state index contributed by atoms with van der Waals surface area (Å²) in [6.45, 7) is 2.04. The Balaban J connectivity index is 1.47. The van der Waals surface area contributed by atoms with Gasteiger partial charge in [0, 0.05) is 6.42 Å². The van der Waals surface area contributed by atoms with Crippen molar-refractivity contribution in [3.05, 3.63) is 54.3 Å². The van der Waals surface area contributed by atoms with Crippen LogP contribution in [0.25, 0.3) is 11.1 Å². The molecule has 1 aliphatic carbocycles.